The second-order valence-corrected chi connectivity index (χ2v) is 20.8. The summed E-state index contributed by atoms with van der Waals surface area (Å²) < 4.78 is 118. The van der Waals surface area contributed by atoms with Gasteiger partial charge in [-0.2, -0.15) is 34.8 Å². The van der Waals surface area contributed by atoms with Crippen molar-refractivity contribution in [2.75, 3.05) is 45.6 Å². The Hall–Kier alpha value is -4.65. The molecule has 2 saturated heterocycles. The highest BCUT2D eigenvalue weighted by atomic mass is 32.2. The lowest BCUT2D eigenvalue weighted by molar-refractivity contribution is -0.185. The Bertz CT molecular complexity index is 2460. The van der Waals surface area contributed by atoms with Gasteiger partial charge in [0.15, 0.2) is 0 Å². The van der Waals surface area contributed by atoms with E-state index in [4.69, 9.17) is 14.2 Å². The highest BCUT2D eigenvalue weighted by Crippen LogP contribution is 2.40. The number of halogens is 6. The number of nitrogens with zero attached hydrogens (tertiary/aromatic N) is 2. The van der Waals surface area contributed by atoms with Gasteiger partial charge in [0, 0.05) is 23.9 Å². The van der Waals surface area contributed by atoms with Crippen molar-refractivity contribution in [3.05, 3.63) is 83.9 Å². The summed E-state index contributed by atoms with van der Waals surface area (Å²) in [7, 11) is -3.56. The fourth-order valence-corrected chi connectivity index (χ4v) is 10.7. The number of hydrogen-bond donors (Lipinski definition) is 1. The molecule has 8 rings (SSSR count). The van der Waals surface area contributed by atoms with E-state index in [9.17, 15) is 49.5 Å². The molecule has 4 aromatic carbocycles. The van der Waals surface area contributed by atoms with E-state index < -0.39 is 40.4 Å². The maximum Gasteiger partial charge on any atom is 0.391 e. The van der Waals surface area contributed by atoms with Crippen LogP contribution in [0.2, 0.25) is 0 Å². The Morgan fingerprint density at radius 2 is 1.01 bits per heavy atom. The van der Waals surface area contributed by atoms with Crippen molar-refractivity contribution in [3.8, 4) is 11.5 Å². The van der Waals surface area contributed by atoms with Crippen LogP contribution in [0.5, 0.6) is 11.5 Å². The van der Waals surface area contributed by atoms with Gasteiger partial charge in [-0.3, -0.25) is 23.6 Å². The van der Waals surface area contributed by atoms with E-state index in [0.717, 1.165) is 98.5 Å². The summed E-state index contributed by atoms with van der Waals surface area (Å²) in [5, 5.41) is 13.9. The molecule has 4 aliphatic rings. The third kappa shape index (κ3) is 17.0. The molecule has 2 heterocycles. The SMILES string of the molecule is CCOC(=O)C1CCN(Cc2ccc3c(O)cccc3c2)CC1.CCOC(=O)C1CCN(Cc2ccc3c(OC4CCC(C(F)(F)F)CC4)cccc3c2)CC1.CS(=O)(=O)OC1CCC(C(F)(F)F)CC1. The number of esters is 2. The van der Waals surface area contributed by atoms with Gasteiger partial charge in [-0.25, -0.2) is 0 Å². The number of alkyl halides is 6. The van der Waals surface area contributed by atoms with Crippen LogP contribution in [0.3, 0.4) is 0 Å². The summed E-state index contributed by atoms with van der Waals surface area (Å²) in [6.45, 7) is 9.84. The largest absolute Gasteiger partial charge is 0.507 e. The molecule has 2 saturated carbocycles. The first-order valence-electron chi connectivity index (χ1n) is 24.9. The summed E-state index contributed by atoms with van der Waals surface area (Å²) in [5.41, 5.74) is 2.43. The monoisotopic (exact) mass is 1020 g/mol. The summed E-state index contributed by atoms with van der Waals surface area (Å²) in [6.07, 6.45) is -3.42. The lowest BCUT2D eigenvalue weighted by Gasteiger charge is -2.31. The number of fused-ring (bicyclic) bond motifs is 2. The molecule has 2 aliphatic carbocycles. The molecule has 4 fully saturated rings. The predicted molar refractivity (Wildman–Crippen MR) is 259 cm³/mol. The molecule has 0 amide bonds. The van der Waals surface area contributed by atoms with Gasteiger partial charge in [0.05, 0.1) is 55.3 Å². The Balaban J connectivity index is 0.000000188. The summed E-state index contributed by atoms with van der Waals surface area (Å²) in [4.78, 5) is 28.5. The fourth-order valence-electron chi connectivity index (χ4n) is 10.0. The molecular weight excluding hydrogens is 955 g/mol. The first-order valence-corrected chi connectivity index (χ1v) is 26.7. The molecular formula is C53H68F6N2O9S. The average Bonchev–Trinajstić information content (AvgIpc) is 3.32. The predicted octanol–water partition coefficient (Wildman–Crippen LogP) is 11.5. The second-order valence-electron chi connectivity index (χ2n) is 19.2. The standard InChI is InChI=1S/C26H32F3NO3.C19H23NO3.C8H13F3O3S/c1-2-32-25(31)19-12-14-30(15-13-19)17-18-6-11-23-20(16-18)4-3-5-24(23)33-22-9-7-21(8-10-22)26(27,28)29;1-2-23-19(22)15-8-10-20(11-9-15)13-14-6-7-17-16(12-14)4-3-5-18(17)21;1-15(12,13)14-7-4-2-6(3-5-7)8(9,10)11/h3-6,11,16,19,21-22H,2,7-10,12-15,17H2,1H3;3-7,12,15,21H,2,8-11,13H2,1H3;6-7H,2-5H2,1H3. The molecule has 0 aromatic heterocycles. The zero-order chi connectivity index (χ0) is 51.3. The molecule has 18 heteroatoms. The van der Waals surface area contributed by atoms with Crippen LogP contribution in [0.4, 0.5) is 26.3 Å². The van der Waals surface area contributed by atoms with Gasteiger partial charge >= 0.3 is 24.3 Å². The van der Waals surface area contributed by atoms with Crippen LogP contribution < -0.4 is 4.74 Å². The number of ether oxygens (including phenoxy) is 3. The maximum atomic E-state index is 12.9. The quantitative estimate of drug-likeness (QED) is 0.0826. The lowest BCUT2D eigenvalue weighted by Crippen LogP contribution is -2.36. The molecule has 0 bridgehead atoms. The van der Waals surface area contributed by atoms with Crippen molar-refractivity contribution in [1.29, 1.82) is 0 Å². The number of phenols is 1. The molecule has 392 valence electrons. The number of carbonyl (C=O) groups is 2. The summed E-state index contributed by atoms with van der Waals surface area (Å²) in [5.74, 6) is -1.51. The third-order valence-electron chi connectivity index (χ3n) is 13.9. The summed E-state index contributed by atoms with van der Waals surface area (Å²) in [6, 6.07) is 23.9. The number of carbonyl (C=O) groups excluding carboxylic acids is 2. The first kappa shape index (κ1) is 55.7. The molecule has 0 atom stereocenters. The van der Waals surface area contributed by atoms with Crippen molar-refractivity contribution in [2.45, 2.75) is 129 Å². The number of benzene rings is 4. The Labute approximate surface area is 413 Å². The van der Waals surface area contributed by atoms with Gasteiger partial charge in [-0.1, -0.05) is 48.5 Å². The number of aromatic hydroxyl groups is 1. The minimum atomic E-state index is -4.17. The fraction of sp³-hybridized carbons (Fsp3) is 0.585. The Morgan fingerprint density at radius 3 is 1.45 bits per heavy atom. The number of phenolic OH excluding ortho intramolecular Hbond substituents is 1. The topological polar surface area (TPSA) is 132 Å². The molecule has 71 heavy (non-hydrogen) atoms. The Morgan fingerprint density at radius 1 is 0.592 bits per heavy atom. The van der Waals surface area contributed by atoms with Crippen LogP contribution in [0.1, 0.15) is 102 Å². The molecule has 11 nitrogen and oxygen atoms in total. The van der Waals surface area contributed by atoms with E-state index in [-0.39, 0.29) is 68.4 Å². The van der Waals surface area contributed by atoms with Gasteiger partial charge in [0.2, 0.25) is 0 Å². The van der Waals surface area contributed by atoms with Crippen LogP contribution in [0, 0.1) is 23.7 Å². The average molecular weight is 1020 g/mol. The van der Waals surface area contributed by atoms with Gasteiger partial charge in [-0.15, -0.1) is 0 Å². The van der Waals surface area contributed by atoms with Crippen molar-refractivity contribution in [3.63, 3.8) is 0 Å². The zero-order valence-corrected chi connectivity index (χ0v) is 41.6. The molecule has 0 radical (unpaired) electrons. The Kier molecular flexibility index (Phi) is 19.9. The van der Waals surface area contributed by atoms with E-state index in [1.54, 1.807) is 6.07 Å². The minimum Gasteiger partial charge on any atom is -0.507 e. The molecule has 0 unspecified atom stereocenters. The minimum absolute atomic E-state index is 0.00343. The van der Waals surface area contributed by atoms with E-state index >= 15 is 0 Å². The van der Waals surface area contributed by atoms with Gasteiger partial charge in [0.1, 0.15) is 11.5 Å². The normalized spacial score (nSPS) is 22.2. The molecule has 0 spiro atoms. The van der Waals surface area contributed by atoms with Crippen molar-refractivity contribution < 1.29 is 67.8 Å². The molecule has 4 aromatic rings. The van der Waals surface area contributed by atoms with E-state index in [1.165, 1.54) is 11.1 Å². The van der Waals surface area contributed by atoms with Crippen LogP contribution in [-0.4, -0.2) is 105 Å². The zero-order valence-electron chi connectivity index (χ0n) is 40.8. The van der Waals surface area contributed by atoms with Crippen molar-refractivity contribution >= 4 is 43.6 Å². The van der Waals surface area contributed by atoms with E-state index in [0.29, 0.717) is 31.8 Å². The molecule has 1 N–H and O–H groups in total. The van der Waals surface area contributed by atoms with Crippen LogP contribution in [-0.2, 0) is 46.5 Å². The van der Waals surface area contributed by atoms with Crippen molar-refractivity contribution in [1.82, 2.24) is 9.80 Å². The number of piperidine rings is 2. The highest BCUT2D eigenvalue weighted by molar-refractivity contribution is 7.86. The van der Waals surface area contributed by atoms with Crippen LogP contribution in [0.25, 0.3) is 21.5 Å². The maximum absolute atomic E-state index is 12.9. The first-order chi connectivity index (χ1) is 33.7. The van der Waals surface area contributed by atoms with Gasteiger partial charge in [0.25, 0.3) is 10.1 Å². The molecule has 2 aliphatic heterocycles. The van der Waals surface area contributed by atoms with Crippen LogP contribution >= 0.6 is 0 Å². The van der Waals surface area contributed by atoms with E-state index in [1.807, 2.05) is 56.3 Å². The number of likely N-dealkylation sites (tertiary alicyclic amines) is 2. The highest BCUT2D eigenvalue weighted by Gasteiger charge is 2.43. The lowest BCUT2D eigenvalue weighted by atomic mass is 9.87. The smallest absolute Gasteiger partial charge is 0.391 e. The van der Waals surface area contributed by atoms with Crippen LogP contribution in [0.15, 0.2) is 72.8 Å². The third-order valence-corrected chi connectivity index (χ3v) is 14.6. The number of rotatable bonds is 12. The van der Waals surface area contributed by atoms with Gasteiger partial charge < -0.3 is 19.3 Å². The van der Waals surface area contributed by atoms with E-state index in [2.05, 4.69) is 38.2 Å². The number of hydrogen-bond acceptors (Lipinski definition) is 11. The second kappa shape index (κ2) is 25.3. The summed E-state index contributed by atoms with van der Waals surface area (Å²) >= 11 is 0. The van der Waals surface area contributed by atoms with Crippen molar-refractivity contribution in [2.24, 2.45) is 23.7 Å². The van der Waals surface area contributed by atoms with Gasteiger partial charge in [-0.05, 0) is 163 Å².